The van der Waals surface area contributed by atoms with Gasteiger partial charge in [-0.25, -0.2) is 0 Å². The Morgan fingerprint density at radius 2 is 1.22 bits per heavy atom. The quantitative estimate of drug-likeness (QED) is 0.135. The predicted octanol–water partition coefficient (Wildman–Crippen LogP) is 8.08. The van der Waals surface area contributed by atoms with E-state index in [-0.39, 0.29) is 18.6 Å². The second kappa shape index (κ2) is 20.6. The van der Waals surface area contributed by atoms with Crippen LogP contribution in [0.1, 0.15) is 43.2 Å². The molecule has 1 atom stereocenters. The Labute approximate surface area is 270 Å². The summed E-state index contributed by atoms with van der Waals surface area (Å²) in [4.78, 5) is 0. The average Bonchev–Trinajstić information content (AvgIpc) is 3.10. The predicted molar refractivity (Wildman–Crippen MR) is 177 cm³/mol. The molecular formula is C37H39ClN2O5. The largest absolute Gasteiger partial charge is 0.508 e. The third kappa shape index (κ3) is 13.0. The lowest BCUT2D eigenvalue weighted by Gasteiger charge is -2.22. The molecule has 1 saturated heterocycles. The first-order valence-electron chi connectivity index (χ1n) is 15.0. The average molecular weight is 627 g/mol. The highest BCUT2D eigenvalue weighted by molar-refractivity contribution is 6.17. The minimum atomic E-state index is 0.0481. The van der Waals surface area contributed by atoms with Gasteiger partial charge in [0.15, 0.2) is 6.29 Å². The normalized spacial score (nSPS) is 13.6. The zero-order valence-corrected chi connectivity index (χ0v) is 26.0. The first-order chi connectivity index (χ1) is 22.1. The molecule has 0 amide bonds. The smallest absolute Gasteiger partial charge is 0.157 e. The van der Waals surface area contributed by atoms with Crippen molar-refractivity contribution in [3.05, 3.63) is 108 Å². The highest BCUT2D eigenvalue weighted by Gasteiger charge is 2.13. The molecule has 0 spiro atoms. The van der Waals surface area contributed by atoms with Gasteiger partial charge in [-0.15, -0.1) is 11.6 Å². The van der Waals surface area contributed by atoms with Crippen LogP contribution in [0.4, 0.5) is 0 Å². The van der Waals surface area contributed by atoms with Crippen LogP contribution in [0.2, 0.25) is 0 Å². The Morgan fingerprint density at radius 1 is 0.711 bits per heavy atom. The van der Waals surface area contributed by atoms with Gasteiger partial charge in [0.1, 0.15) is 11.5 Å². The number of nitrogens with zero attached hydrogens (tertiary/aromatic N) is 2. The number of benzene rings is 4. The molecule has 1 heterocycles. The van der Waals surface area contributed by atoms with E-state index in [1.807, 2.05) is 60.7 Å². The lowest BCUT2D eigenvalue weighted by molar-refractivity contribution is -0.162. The van der Waals surface area contributed by atoms with Gasteiger partial charge in [0.05, 0.1) is 36.5 Å². The van der Waals surface area contributed by atoms with Gasteiger partial charge in [-0.3, -0.25) is 0 Å². The molecule has 0 saturated carbocycles. The summed E-state index contributed by atoms with van der Waals surface area (Å²) in [5.74, 6) is 1.73. The molecule has 0 aliphatic carbocycles. The molecule has 1 fully saturated rings. The molecule has 0 aromatic heterocycles. The van der Waals surface area contributed by atoms with Gasteiger partial charge in [-0.1, -0.05) is 48.5 Å². The summed E-state index contributed by atoms with van der Waals surface area (Å²) in [6, 6.07) is 33.8. The van der Waals surface area contributed by atoms with Gasteiger partial charge >= 0.3 is 0 Å². The fraction of sp³-hybridized carbons (Fsp3) is 0.297. The minimum absolute atomic E-state index is 0.0481. The van der Waals surface area contributed by atoms with Crippen molar-refractivity contribution in [2.75, 3.05) is 32.3 Å². The van der Waals surface area contributed by atoms with Gasteiger partial charge in [-0.2, -0.15) is 10.5 Å². The SMILES string of the molecule is ClCCCOC1CCCCO1.N#Cc1ccc(-c2ccc(O)cc2)cc1.N#Cc1ccc(-c2ccc(OCCCO)cc2)cc1. The van der Waals surface area contributed by atoms with Crippen molar-refractivity contribution >= 4 is 11.6 Å². The van der Waals surface area contributed by atoms with Crippen molar-refractivity contribution in [2.45, 2.75) is 38.4 Å². The van der Waals surface area contributed by atoms with Crippen molar-refractivity contribution in [3.63, 3.8) is 0 Å². The van der Waals surface area contributed by atoms with Crippen LogP contribution in [0.5, 0.6) is 11.5 Å². The van der Waals surface area contributed by atoms with E-state index in [1.54, 1.807) is 36.4 Å². The van der Waals surface area contributed by atoms with Crippen molar-refractivity contribution in [3.8, 4) is 45.9 Å². The molecule has 8 heteroatoms. The molecule has 1 unspecified atom stereocenters. The van der Waals surface area contributed by atoms with Crippen LogP contribution in [0.15, 0.2) is 97.1 Å². The van der Waals surface area contributed by atoms with E-state index in [9.17, 15) is 0 Å². The van der Waals surface area contributed by atoms with Gasteiger partial charge in [0, 0.05) is 25.5 Å². The standard InChI is InChI=1S/C16H15NO2.C13H9NO.C8H15ClO2/c17-12-13-2-4-14(5-3-13)15-6-8-16(9-7-15)19-11-1-10-18;14-9-10-1-3-11(4-2-10)12-5-7-13(15)8-6-12;9-5-3-7-11-8-4-1-2-6-10-8/h2-9,18H,1,10-11H2;1-8,15H;8H,1-7H2. The number of aromatic hydroxyl groups is 1. The maximum absolute atomic E-state index is 9.14. The molecule has 1 aliphatic heterocycles. The zero-order valence-electron chi connectivity index (χ0n) is 25.3. The van der Waals surface area contributed by atoms with E-state index in [2.05, 4.69) is 12.1 Å². The molecule has 4 aromatic carbocycles. The number of nitriles is 2. The second-order valence-corrected chi connectivity index (χ2v) is 10.5. The molecule has 1 aliphatic rings. The fourth-order valence-electron chi connectivity index (χ4n) is 4.24. The number of alkyl halides is 1. The third-order valence-corrected chi connectivity index (χ3v) is 6.97. The molecular weight excluding hydrogens is 588 g/mol. The highest BCUT2D eigenvalue weighted by atomic mass is 35.5. The van der Waals surface area contributed by atoms with Crippen molar-refractivity contribution in [1.82, 2.24) is 0 Å². The Bertz CT molecular complexity index is 1460. The number of halogens is 1. The fourth-order valence-corrected chi connectivity index (χ4v) is 4.35. The number of hydrogen-bond acceptors (Lipinski definition) is 7. The zero-order chi connectivity index (χ0) is 32.1. The monoisotopic (exact) mass is 626 g/mol. The first kappa shape index (κ1) is 35.1. The lowest BCUT2D eigenvalue weighted by atomic mass is 10.0. The van der Waals surface area contributed by atoms with Crippen LogP contribution in [0, 0.1) is 22.7 Å². The summed E-state index contributed by atoms with van der Waals surface area (Å²) in [7, 11) is 0. The summed E-state index contributed by atoms with van der Waals surface area (Å²) >= 11 is 5.50. The molecule has 234 valence electrons. The van der Waals surface area contributed by atoms with E-state index in [4.69, 9.17) is 46.5 Å². The number of phenolic OH excluding ortho intramolecular Hbond substituents is 1. The van der Waals surface area contributed by atoms with E-state index in [0.29, 0.717) is 30.0 Å². The summed E-state index contributed by atoms with van der Waals surface area (Å²) in [6.45, 7) is 2.25. The molecule has 2 N–H and O–H groups in total. The number of ether oxygens (including phenoxy) is 3. The first-order valence-corrected chi connectivity index (χ1v) is 15.5. The molecule has 45 heavy (non-hydrogen) atoms. The van der Waals surface area contributed by atoms with Gasteiger partial charge in [0.25, 0.3) is 0 Å². The summed E-state index contributed by atoms with van der Waals surface area (Å²) in [5, 5.41) is 35.2. The second-order valence-electron chi connectivity index (χ2n) is 10.1. The van der Waals surface area contributed by atoms with Crippen molar-refractivity contribution in [2.24, 2.45) is 0 Å². The lowest BCUT2D eigenvalue weighted by Crippen LogP contribution is -2.22. The molecule has 7 nitrogen and oxygen atoms in total. The maximum Gasteiger partial charge on any atom is 0.157 e. The summed E-state index contributed by atoms with van der Waals surface area (Å²) in [6.07, 6.45) is 5.05. The molecule has 0 radical (unpaired) electrons. The third-order valence-electron chi connectivity index (χ3n) is 6.71. The van der Waals surface area contributed by atoms with Crippen LogP contribution in [0.25, 0.3) is 22.3 Å². The van der Waals surface area contributed by atoms with Crippen LogP contribution < -0.4 is 4.74 Å². The topological polar surface area (TPSA) is 116 Å². The Balaban J connectivity index is 0.000000191. The Kier molecular flexibility index (Phi) is 16.0. The minimum Gasteiger partial charge on any atom is -0.508 e. The van der Waals surface area contributed by atoms with Crippen LogP contribution in [-0.4, -0.2) is 48.8 Å². The van der Waals surface area contributed by atoms with Crippen LogP contribution >= 0.6 is 11.6 Å². The summed E-state index contributed by atoms with van der Waals surface area (Å²) in [5.41, 5.74) is 5.52. The van der Waals surface area contributed by atoms with Crippen molar-refractivity contribution in [1.29, 1.82) is 10.5 Å². The van der Waals surface area contributed by atoms with Crippen molar-refractivity contribution < 1.29 is 24.4 Å². The van der Waals surface area contributed by atoms with Crippen LogP contribution in [-0.2, 0) is 9.47 Å². The molecule has 5 rings (SSSR count). The highest BCUT2D eigenvalue weighted by Crippen LogP contribution is 2.23. The van der Waals surface area contributed by atoms with Gasteiger partial charge < -0.3 is 24.4 Å². The number of phenols is 1. The summed E-state index contributed by atoms with van der Waals surface area (Å²) < 4.78 is 16.2. The van der Waals surface area contributed by atoms with E-state index < -0.39 is 0 Å². The number of aliphatic hydroxyl groups is 1. The van der Waals surface area contributed by atoms with E-state index in [0.717, 1.165) is 54.1 Å². The van der Waals surface area contributed by atoms with Gasteiger partial charge in [0.2, 0.25) is 0 Å². The number of rotatable bonds is 10. The Hall–Kier alpha value is -4.37. The van der Waals surface area contributed by atoms with Crippen LogP contribution in [0.3, 0.4) is 0 Å². The molecule has 0 bridgehead atoms. The number of aliphatic hydroxyl groups excluding tert-OH is 1. The molecule has 4 aromatic rings. The maximum atomic E-state index is 9.14. The Morgan fingerprint density at radius 3 is 1.67 bits per heavy atom. The van der Waals surface area contributed by atoms with Gasteiger partial charge in [-0.05, 0) is 96.5 Å². The van der Waals surface area contributed by atoms with E-state index in [1.165, 1.54) is 12.8 Å². The van der Waals surface area contributed by atoms with E-state index >= 15 is 0 Å². The number of hydrogen-bond donors (Lipinski definition) is 2.